The molecule has 7 atom stereocenters. The van der Waals surface area contributed by atoms with Crippen molar-refractivity contribution in [2.24, 2.45) is 28.9 Å². The molecule has 5 aliphatic rings. The fraction of sp³-hybridized carbons (Fsp3) is 0.590. The molecule has 4 aromatic rings. The molecule has 3 saturated carbocycles. The van der Waals surface area contributed by atoms with Gasteiger partial charge in [0.1, 0.15) is 17.0 Å². The van der Waals surface area contributed by atoms with Gasteiger partial charge in [-0.15, -0.1) is 0 Å². The van der Waals surface area contributed by atoms with Crippen molar-refractivity contribution in [1.82, 2.24) is 29.2 Å². The van der Waals surface area contributed by atoms with E-state index in [1.165, 1.54) is 19.3 Å². The van der Waals surface area contributed by atoms with Crippen LogP contribution in [0.15, 0.2) is 30.3 Å². The molecular weight excluding hydrogens is 614 g/mol. The van der Waals surface area contributed by atoms with Crippen molar-refractivity contribution in [1.29, 1.82) is 0 Å². The van der Waals surface area contributed by atoms with Crippen molar-refractivity contribution in [3.8, 4) is 17.3 Å². The summed E-state index contributed by atoms with van der Waals surface area (Å²) in [5.41, 5.74) is 12.2. The summed E-state index contributed by atoms with van der Waals surface area (Å²) >= 11 is 0. The number of nitrogens with one attached hydrogen (secondary N) is 1. The summed E-state index contributed by atoms with van der Waals surface area (Å²) < 4.78 is 10.6. The molecule has 2 bridgehead atoms. The highest BCUT2D eigenvalue weighted by atomic mass is 16.5. The minimum atomic E-state index is -0.482. The molecule has 4 aromatic heterocycles. The Hall–Kier alpha value is -3.92. The molecule has 10 nitrogen and oxygen atoms in total. The molecule has 3 N–H and O–H groups in total. The Labute approximate surface area is 287 Å². The summed E-state index contributed by atoms with van der Waals surface area (Å²) in [5.74, 6) is 3.34. The summed E-state index contributed by atoms with van der Waals surface area (Å²) in [7, 11) is 1.68. The molecule has 2 aliphatic heterocycles. The molecule has 49 heavy (non-hydrogen) atoms. The van der Waals surface area contributed by atoms with Gasteiger partial charge in [0.05, 0.1) is 30.2 Å². The van der Waals surface area contributed by atoms with Gasteiger partial charge in [0, 0.05) is 53.0 Å². The quantitative estimate of drug-likeness (QED) is 0.231. The topological polar surface area (TPSA) is 120 Å². The number of pyridine rings is 2. The number of methoxy groups -OCH3 is 1. The lowest BCUT2D eigenvalue weighted by molar-refractivity contribution is -0.129. The third-order valence-electron chi connectivity index (χ3n) is 12.5. The largest absolute Gasteiger partial charge is 0.482 e. The highest BCUT2D eigenvalue weighted by Crippen LogP contribution is 2.55. The number of ether oxygens (including phenoxy) is 1. The second kappa shape index (κ2) is 11.0. The Morgan fingerprint density at radius 2 is 1.86 bits per heavy atom. The maximum atomic E-state index is 14.0. The van der Waals surface area contributed by atoms with Gasteiger partial charge in [-0.2, -0.15) is 0 Å². The van der Waals surface area contributed by atoms with Gasteiger partial charge in [-0.1, -0.05) is 20.8 Å². The number of aromatic nitrogens is 4. The molecule has 5 fully saturated rings. The Morgan fingerprint density at radius 3 is 2.47 bits per heavy atom. The van der Waals surface area contributed by atoms with Crippen molar-refractivity contribution < 1.29 is 14.3 Å². The highest BCUT2D eigenvalue weighted by molar-refractivity contribution is 5.97. The highest BCUT2D eigenvalue weighted by Gasteiger charge is 2.48. The third-order valence-corrected chi connectivity index (χ3v) is 12.5. The van der Waals surface area contributed by atoms with E-state index < -0.39 is 5.41 Å². The van der Waals surface area contributed by atoms with Gasteiger partial charge in [-0.25, -0.2) is 9.97 Å². The number of carbonyl (C=O) groups excluding carboxylic acids is 2. The molecule has 10 heteroatoms. The minimum Gasteiger partial charge on any atom is -0.482 e. The average Bonchev–Trinajstić information content (AvgIpc) is 3.40. The number of hydrogen-bond donors (Lipinski definition) is 2. The fourth-order valence-electron chi connectivity index (χ4n) is 9.42. The third kappa shape index (κ3) is 4.91. The van der Waals surface area contributed by atoms with Crippen molar-refractivity contribution in [2.75, 3.05) is 7.11 Å². The Balaban J connectivity index is 1.16. The smallest absolute Gasteiger partial charge is 0.254 e. The number of carbonyl (C=O) groups is 2. The predicted octanol–water partition coefficient (Wildman–Crippen LogP) is 6.21. The van der Waals surface area contributed by atoms with Crippen molar-refractivity contribution in [3.05, 3.63) is 47.3 Å². The zero-order valence-corrected chi connectivity index (χ0v) is 29.4. The van der Waals surface area contributed by atoms with Crippen molar-refractivity contribution in [3.63, 3.8) is 0 Å². The van der Waals surface area contributed by atoms with Gasteiger partial charge in [-0.3, -0.25) is 14.0 Å². The first-order valence-electron chi connectivity index (χ1n) is 18.5. The second-order valence-corrected chi connectivity index (χ2v) is 16.7. The van der Waals surface area contributed by atoms with E-state index in [0.29, 0.717) is 23.3 Å². The van der Waals surface area contributed by atoms with Crippen LogP contribution in [0, 0.1) is 23.2 Å². The molecule has 0 aromatic carbocycles. The second-order valence-electron chi connectivity index (χ2n) is 16.7. The van der Waals surface area contributed by atoms with Gasteiger partial charge >= 0.3 is 0 Å². The summed E-state index contributed by atoms with van der Waals surface area (Å²) in [4.78, 5) is 39.5. The zero-order valence-electron chi connectivity index (χ0n) is 29.4. The van der Waals surface area contributed by atoms with Gasteiger partial charge < -0.3 is 25.3 Å². The van der Waals surface area contributed by atoms with E-state index in [4.69, 9.17) is 20.4 Å². The summed E-state index contributed by atoms with van der Waals surface area (Å²) in [6.07, 6.45) is 9.01. The van der Waals surface area contributed by atoms with Crippen LogP contribution in [0.1, 0.15) is 113 Å². The number of amides is 2. The van der Waals surface area contributed by atoms with Crippen molar-refractivity contribution >= 4 is 28.5 Å². The standard InChI is InChI=1S/C39H49N7O3/c1-20(41-38(48)39(2,3)4)29-12-9-23-15-31(44(36(23)42-29)19-25-14-22-8-11-27(22)25)34-35(21-6-7-21)46-32(43-34)16-24(17-33(46)49-5)37(47)45-26-10-13-30(45)28(40)18-26/h9,12,15-17,20-22,25-28,30H,6-8,10-11,13-14,18-19,40H2,1-5H3,(H,41,48)/t20-,22?,25?,26+,27?,28-,30-/m1/s1. The van der Waals surface area contributed by atoms with E-state index in [-0.39, 0.29) is 36.0 Å². The van der Waals surface area contributed by atoms with E-state index in [2.05, 4.69) is 26.4 Å². The lowest BCUT2D eigenvalue weighted by Gasteiger charge is -2.53. The summed E-state index contributed by atoms with van der Waals surface area (Å²) in [5, 5.41) is 4.24. The van der Waals surface area contributed by atoms with E-state index in [1.54, 1.807) is 7.11 Å². The lowest BCUT2D eigenvalue weighted by atomic mass is 9.53. The van der Waals surface area contributed by atoms with Gasteiger partial charge in [0.2, 0.25) is 5.91 Å². The molecule has 6 heterocycles. The molecule has 3 aliphatic carbocycles. The van der Waals surface area contributed by atoms with Crippen LogP contribution in [-0.2, 0) is 11.3 Å². The predicted molar refractivity (Wildman–Crippen MR) is 188 cm³/mol. The van der Waals surface area contributed by atoms with E-state index in [1.807, 2.05) is 50.8 Å². The molecule has 0 radical (unpaired) electrons. The molecule has 9 rings (SSSR count). The van der Waals surface area contributed by atoms with E-state index in [9.17, 15) is 9.59 Å². The first-order valence-corrected chi connectivity index (χ1v) is 18.5. The SMILES string of the molecule is COc1cc(C(=O)N2[C@H]3CC[C@@H]2[C@H](N)C3)cc2nc(-c3cc4ccc([C@@H](C)NC(=O)C(C)(C)C)nc4n3CC3CC4CCC43)c(C3CC3)n12. The van der Waals surface area contributed by atoms with E-state index >= 15 is 0 Å². The molecule has 3 unspecified atom stereocenters. The molecule has 2 saturated heterocycles. The summed E-state index contributed by atoms with van der Waals surface area (Å²) in [6, 6.07) is 10.4. The van der Waals surface area contributed by atoms with Crippen LogP contribution in [0.2, 0.25) is 0 Å². The monoisotopic (exact) mass is 663 g/mol. The van der Waals surface area contributed by atoms with Crippen LogP contribution in [0.5, 0.6) is 5.88 Å². The van der Waals surface area contributed by atoms with Crippen LogP contribution in [0.3, 0.4) is 0 Å². The normalized spacial score (nSPS) is 28.0. The fourth-order valence-corrected chi connectivity index (χ4v) is 9.42. The van der Waals surface area contributed by atoms with Crippen LogP contribution in [-0.4, -0.2) is 60.9 Å². The average molecular weight is 664 g/mol. The number of hydrogen-bond acceptors (Lipinski definition) is 6. The molecule has 258 valence electrons. The minimum absolute atomic E-state index is 0.00858. The Bertz CT molecular complexity index is 2000. The Morgan fingerprint density at radius 1 is 1.04 bits per heavy atom. The number of nitrogens with zero attached hydrogens (tertiary/aromatic N) is 5. The van der Waals surface area contributed by atoms with E-state index in [0.717, 1.165) is 89.9 Å². The summed E-state index contributed by atoms with van der Waals surface area (Å²) in [6.45, 7) is 8.70. The van der Waals surface area contributed by atoms with Gasteiger partial charge in [0.15, 0.2) is 5.88 Å². The zero-order chi connectivity index (χ0) is 33.9. The molecular formula is C39H49N7O3. The van der Waals surface area contributed by atoms with Gasteiger partial charge in [-0.05, 0) is 100 Å². The first-order chi connectivity index (χ1) is 23.5. The number of imidazole rings is 1. The van der Waals surface area contributed by atoms with Crippen molar-refractivity contribution in [2.45, 2.75) is 116 Å². The van der Waals surface area contributed by atoms with Crippen LogP contribution < -0.4 is 15.8 Å². The maximum absolute atomic E-state index is 14.0. The van der Waals surface area contributed by atoms with Crippen LogP contribution >= 0.6 is 0 Å². The van der Waals surface area contributed by atoms with Crippen LogP contribution in [0.4, 0.5) is 0 Å². The molecule has 0 spiro atoms. The maximum Gasteiger partial charge on any atom is 0.254 e. The number of nitrogens with two attached hydrogens (primary N) is 1. The molecule has 2 amide bonds. The first kappa shape index (κ1) is 31.1. The number of fused-ring (bicyclic) bond motifs is 5. The van der Waals surface area contributed by atoms with Gasteiger partial charge in [0.25, 0.3) is 5.91 Å². The van der Waals surface area contributed by atoms with Crippen LogP contribution in [0.25, 0.3) is 28.1 Å². The Kier molecular flexibility index (Phi) is 7.00. The number of rotatable bonds is 8. The lowest BCUT2D eigenvalue weighted by Crippen LogP contribution is -2.46.